The van der Waals surface area contributed by atoms with Gasteiger partial charge in [0.05, 0.1) is 5.76 Å². The summed E-state index contributed by atoms with van der Waals surface area (Å²) in [4.78, 5) is 16.7. The summed E-state index contributed by atoms with van der Waals surface area (Å²) in [6.45, 7) is 29.3. The molecule has 0 amide bonds. The molecule has 5 aromatic rings. The fourth-order valence-corrected chi connectivity index (χ4v) is 10.2. The van der Waals surface area contributed by atoms with Gasteiger partial charge in [0.25, 0.3) is 0 Å². The Morgan fingerprint density at radius 3 is 1.88 bits per heavy atom. The van der Waals surface area contributed by atoms with Crippen LogP contribution in [0.2, 0.25) is 0 Å². The number of thiophene rings is 1. The number of hydrogen-bond donors (Lipinski definition) is 1. The number of pyridine rings is 1. The molecule has 56 heavy (non-hydrogen) atoms. The van der Waals surface area contributed by atoms with Gasteiger partial charge in [-0.15, -0.1) is 40.5 Å². The number of hydrogen-bond acceptors (Lipinski definition) is 4. The van der Waals surface area contributed by atoms with E-state index < -0.39 is 0 Å². The van der Waals surface area contributed by atoms with Crippen LogP contribution in [0.5, 0.6) is 0 Å². The number of ketones is 1. The molecule has 1 N–H and O–H groups in total. The quantitative estimate of drug-likeness (QED) is 0.0646. The molecule has 0 spiro atoms. The molecule has 0 aliphatic heterocycles. The van der Waals surface area contributed by atoms with Crippen LogP contribution < -0.4 is 0 Å². The molecular formula is C51H70IrNO2S-. The minimum Gasteiger partial charge on any atom is -0.512 e. The number of aliphatic hydroxyl groups is 1. The van der Waals surface area contributed by atoms with E-state index >= 15 is 0 Å². The Bertz CT molecular complexity index is 2030. The van der Waals surface area contributed by atoms with Gasteiger partial charge in [-0.05, 0) is 102 Å². The third-order valence-corrected chi connectivity index (χ3v) is 12.5. The predicted octanol–water partition coefficient (Wildman–Crippen LogP) is 15.6. The zero-order chi connectivity index (χ0) is 40.7. The van der Waals surface area contributed by atoms with Crippen molar-refractivity contribution < 1.29 is 30.0 Å². The molecule has 0 fully saturated rings. The maximum absolute atomic E-state index is 11.7. The van der Waals surface area contributed by atoms with Gasteiger partial charge in [0, 0.05) is 59.3 Å². The van der Waals surface area contributed by atoms with Crippen LogP contribution in [0.1, 0.15) is 146 Å². The number of nitrogens with zero attached hydrogens (tertiary/aromatic N) is 1. The van der Waals surface area contributed by atoms with E-state index in [1.165, 1.54) is 62.0 Å². The van der Waals surface area contributed by atoms with Crippen LogP contribution in [0.25, 0.3) is 42.2 Å². The number of rotatable bonds is 15. The Morgan fingerprint density at radius 1 is 0.768 bits per heavy atom. The van der Waals surface area contributed by atoms with Crippen molar-refractivity contribution in [1.82, 2.24) is 4.98 Å². The molecule has 5 rings (SSSR count). The molecule has 0 atom stereocenters. The van der Waals surface area contributed by atoms with Gasteiger partial charge < -0.3 is 5.11 Å². The van der Waals surface area contributed by atoms with E-state index in [2.05, 4.69) is 123 Å². The third-order valence-electron chi connectivity index (χ3n) is 11.3. The smallest absolute Gasteiger partial charge is 0.162 e. The second kappa shape index (κ2) is 20.7. The van der Waals surface area contributed by atoms with Crippen LogP contribution in [0.15, 0.2) is 72.6 Å². The number of carbonyl (C=O) groups excluding carboxylic acids is 1. The fourth-order valence-electron chi connectivity index (χ4n) is 8.93. The molecular weight excluding hydrogens is 883 g/mol. The fraction of sp³-hybridized carbons (Fsp3) is 0.529. The van der Waals surface area contributed by atoms with Gasteiger partial charge in [0.1, 0.15) is 0 Å². The second-order valence-corrected chi connectivity index (χ2v) is 19.4. The van der Waals surface area contributed by atoms with Crippen molar-refractivity contribution in [2.45, 2.75) is 146 Å². The van der Waals surface area contributed by atoms with E-state index in [0.29, 0.717) is 17.8 Å². The van der Waals surface area contributed by atoms with E-state index in [1.54, 1.807) is 0 Å². The first-order valence-corrected chi connectivity index (χ1v) is 22.0. The Balaban J connectivity index is 0.000000448. The molecule has 0 bridgehead atoms. The van der Waals surface area contributed by atoms with E-state index in [9.17, 15) is 9.90 Å². The summed E-state index contributed by atoms with van der Waals surface area (Å²) in [5.74, 6) is 2.52. The van der Waals surface area contributed by atoms with E-state index in [4.69, 9.17) is 4.98 Å². The van der Waals surface area contributed by atoms with Crippen molar-refractivity contribution in [1.29, 1.82) is 0 Å². The van der Waals surface area contributed by atoms with Crippen molar-refractivity contribution in [3.05, 3.63) is 89.8 Å². The van der Waals surface area contributed by atoms with Crippen molar-refractivity contribution in [2.75, 3.05) is 0 Å². The van der Waals surface area contributed by atoms with Crippen molar-refractivity contribution in [3.8, 4) is 11.3 Å². The average molecular weight is 953 g/mol. The topological polar surface area (TPSA) is 50.2 Å². The summed E-state index contributed by atoms with van der Waals surface area (Å²) in [6, 6.07) is 24.3. The SMILES string of the molecule is CC(C)CC(CC(C)C)(CC(C)C)c1ccc2c(c1)sc1c(-c3[c-]c4ccccc4c(C(C)(C)C)c3)nccc12.CCC(CC)C(=O)/C=C(\O)C(CC)CC.[Ir]. The van der Waals surface area contributed by atoms with Crippen molar-refractivity contribution in [3.63, 3.8) is 0 Å². The van der Waals surface area contributed by atoms with Gasteiger partial charge in [-0.3, -0.25) is 9.78 Å². The minimum atomic E-state index is 0. The van der Waals surface area contributed by atoms with Gasteiger partial charge in [-0.2, -0.15) is 0 Å². The van der Waals surface area contributed by atoms with E-state index in [-0.39, 0.29) is 54.3 Å². The van der Waals surface area contributed by atoms with Gasteiger partial charge >= 0.3 is 0 Å². The van der Waals surface area contributed by atoms with Crippen LogP contribution in [0.3, 0.4) is 0 Å². The summed E-state index contributed by atoms with van der Waals surface area (Å²) >= 11 is 1.91. The molecule has 3 nitrogen and oxygen atoms in total. The van der Waals surface area contributed by atoms with E-state index in [0.717, 1.165) is 42.3 Å². The van der Waals surface area contributed by atoms with Crippen LogP contribution in [0.4, 0.5) is 0 Å². The summed E-state index contributed by atoms with van der Waals surface area (Å²) in [5, 5.41) is 14.8. The minimum absolute atomic E-state index is 0. The number of carbonyl (C=O) groups is 1. The monoisotopic (exact) mass is 953 g/mol. The number of aromatic nitrogens is 1. The Labute approximate surface area is 357 Å². The molecule has 0 saturated carbocycles. The van der Waals surface area contributed by atoms with Crippen LogP contribution in [-0.2, 0) is 35.7 Å². The van der Waals surface area contributed by atoms with Gasteiger partial charge in [-0.25, -0.2) is 0 Å². The van der Waals surface area contributed by atoms with Crippen LogP contribution >= 0.6 is 11.3 Å². The second-order valence-electron chi connectivity index (χ2n) is 18.3. The number of fused-ring (bicyclic) bond motifs is 4. The Kier molecular flexibility index (Phi) is 17.6. The normalized spacial score (nSPS) is 12.7. The van der Waals surface area contributed by atoms with Crippen LogP contribution in [-0.4, -0.2) is 15.9 Å². The number of allylic oxidation sites excluding steroid dienone is 2. The summed E-state index contributed by atoms with van der Waals surface area (Å²) in [7, 11) is 0. The predicted molar refractivity (Wildman–Crippen MR) is 242 cm³/mol. The first kappa shape index (κ1) is 47.5. The van der Waals surface area contributed by atoms with Gasteiger partial charge in [0.15, 0.2) is 5.78 Å². The number of benzene rings is 3. The Hall–Kier alpha value is -2.85. The Morgan fingerprint density at radius 2 is 1.34 bits per heavy atom. The van der Waals surface area contributed by atoms with Gasteiger partial charge in [-0.1, -0.05) is 131 Å². The molecule has 0 aliphatic carbocycles. The molecule has 0 unspecified atom stereocenters. The largest absolute Gasteiger partial charge is 0.512 e. The first-order chi connectivity index (χ1) is 26.0. The summed E-state index contributed by atoms with van der Waals surface area (Å²) in [6.07, 6.45) is 10.6. The van der Waals surface area contributed by atoms with E-state index in [1.807, 2.05) is 45.2 Å². The summed E-state index contributed by atoms with van der Waals surface area (Å²) < 4.78 is 2.64. The van der Waals surface area contributed by atoms with Crippen molar-refractivity contribution >= 4 is 48.1 Å². The zero-order valence-corrected chi connectivity index (χ0v) is 39.9. The molecule has 0 aliphatic rings. The molecule has 5 heteroatoms. The van der Waals surface area contributed by atoms with Gasteiger partial charge in [0.2, 0.25) is 0 Å². The standard InChI is InChI=1S/C38H46NS.C13H24O2.Ir/c1-24(2)21-38(22-25(3)4,23-26(5)6)29-14-15-31-32-16-17-39-35(36(32)40-34(31)20-29)28-18-27-12-10-11-13-30(27)33(19-28)37(7,8)9;1-5-10(6-2)12(14)9-13(15)11(7-3)8-4;/h10-17,19-20,24-26H,21-23H2,1-9H3;9-11,14H,5-8H2,1-4H3;/q-1;;/b;12-9-;. The average Bonchev–Trinajstić information content (AvgIpc) is 3.49. The molecule has 307 valence electrons. The molecule has 2 aromatic heterocycles. The van der Waals surface area contributed by atoms with Crippen molar-refractivity contribution in [2.24, 2.45) is 29.6 Å². The molecule has 1 radical (unpaired) electrons. The maximum atomic E-state index is 11.7. The first-order valence-electron chi connectivity index (χ1n) is 21.2. The molecule has 2 heterocycles. The zero-order valence-electron chi connectivity index (χ0n) is 36.7. The maximum Gasteiger partial charge on any atom is 0.162 e. The summed E-state index contributed by atoms with van der Waals surface area (Å²) in [5.41, 5.74) is 5.24. The molecule has 3 aromatic carbocycles. The van der Waals surface area contributed by atoms with Crippen LogP contribution in [0, 0.1) is 35.7 Å². The number of aliphatic hydroxyl groups excluding tert-OH is 1. The third kappa shape index (κ3) is 11.4. The molecule has 0 saturated heterocycles.